The fourth-order valence-corrected chi connectivity index (χ4v) is 5.37. The summed E-state index contributed by atoms with van der Waals surface area (Å²) in [4.78, 5) is 47.1. The van der Waals surface area contributed by atoms with Crippen molar-refractivity contribution in [2.75, 3.05) is 20.3 Å². The lowest BCUT2D eigenvalue weighted by Gasteiger charge is -2.30. The third-order valence-electron chi connectivity index (χ3n) is 3.16. The van der Waals surface area contributed by atoms with Crippen LogP contribution >= 0.6 is 23.5 Å². The number of ether oxygens (including phenoxy) is 3. The predicted octanol–water partition coefficient (Wildman–Crippen LogP) is -0.974. The van der Waals surface area contributed by atoms with Crippen molar-refractivity contribution in [2.24, 2.45) is 0 Å². The van der Waals surface area contributed by atoms with Crippen LogP contribution in [0.4, 0.5) is 0 Å². The maximum absolute atomic E-state index is 11.8. The molecule has 0 radical (unpaired) electrons. The minimum atomic E-state index is -5.62. The second kappa shape index (κ2) is 9.12. The Morgan fingerprint density at radius 1 is 1.19 bits per heavy atom. The highest BCUT2D eigenvalue weighted by Gasteiger charge is 2.49. The molecular weight excluding hydrogens is 436 g/mol. The van der Waals surface area contributed by atoms with E-state index in [0.717, 1.165) is 0 Å². The van der Waals surface area contributed by atoms with Crippen molar-refractivity contribution in [3.8, 4) is 0 Å². The zero-order valence-corrected chi connectivity index (χ0v) is 17.2. The van der Waals surface area contributed by atoms with Crippen molar-refractivity contribution in [1.29, 1.82) is 0 Å². The number of rotatable bonds is 10. The van der Waals surface area contributed by atoms with Gasteiger partial charge in [0.15, 0.2) is 0 Å². The smallest absolute Gasteiger partial charge is 0.457 e. The predicted molar refractivity (Wildman–Crippen MR) is 88.0 cm³/mol. The molecule has 5 unspecified atom stereocenters. The Labute approximate surface area is 154 Å². The zero-order chi connectivity index (χ0) is 21.1. The molecular formula is C9H20BO14P3. The standard InChI is InChI=1S/C9H20BO14P3/c1-9(6(3-7(10)22-9)21-8(11)4-19-2)5-20-26(15,16)24-27(17,18)23-25(12,13)14/h6-7H,3-5,10H2,1-2H3,(H,15,16)(H,17,18)(H2,12,13,14). The highest BCUT2D eigenvalue weighted by atomic mass is 31.3. The summed E-state index contributed by atoms with van der Waals surface area (Å²) < 4.78 is 60.8. The van der Waals surface area contributed by atoms with Crippen LogP contribution in [0.5, 0.6) is 0 Å². The molecule has 4 N–H and O–H groups in total. The van der Waals surface area contributed by atoms with Crippen molar-refractivity contribution in [3.63, 3.8) is 0 Å². The fraction of sp³-hybridized carbons (Fsp3) is 0.889. The van der Waals surface area contributed by atoms with E-state index in [1.54, 1.807) is 7.85 Å². The van der Waals surface area contributed by atoms with Gasteiger partial charge in [0.1, 0.15) is 26.2 Å². The Morgan fingerprint density at radius 3 is 2.30 bits per heavy atom. The van der Waals surface area contributed by atoms with Gasteiger partial charge in [0, 0.05) is 19.5 Å². The van der Waals surface area contributed by atoms with E-state index < -0.39 is 53.8 Å². The van der Waals surface area contributed by atoms with E-state index in [9.17, 15) is 23.4 Å². The second-order valence-electron chi connectivity index (χ2n) is 5.75. The van der Waals surface area contributed by atoms with Crippen LogP contribution in [0.1, 0.15) is 13.3 Å². The maximum Gasteiger partial charge on any atom is 0.490 e. The molecule has 0 bridgehead atoms. The molecule has 27 heavy (non-hydrogen) atoms. The van der Waals surface area contributed by atoms with Crippen molar-refractivity contribution in [3.05, 3.63) is 0 Å². The van der Waals surface area contributed by atoms with Gasteiger partial charge in [-0.3, -0.25) is 4.52 Å². The van der Waals surface area contributed by atoms with E-state index in [1.807, 2.05) is 0 Å². The summed E-state index contributed by atoms with van der Waals surface area (Å²) in [6.07, 6.45) is -0.673. The van der Waals surface area contributed by atoms with Crippen LogP contribution in [-0.4, -0.2) is 71.4 Å². The van der Waals surface area contributed by atoms with Crippen molar-refractivity contribution >= 4 is 37.3 Å². The number of phosphoric ester groups is 1. The first-order valence-corrected chi connectivity index (χ1v) is 11.7. The summed E-state index contributed by atoms with van der Waals surface area (Å²) in [7, 11) is -13.5. The molecule has 5 atom stereocenters. The van der Waals surface area contributed by atoms with Crippen LogP contribution in [-0.2, 0) is 45.8 Å². The van der Waals surface area contributed by atoms with E-state index in [0.29, 0.717) is 0 Å². The van der Waals surface area contributed by atoms with Gasteiger partial charge < -0.3 is 33.8 Å². The van der Waals surface area contributed by atoms with Crippen molar-refractivity contribution in [1.82, 2.24) is 0 Å². The molecule has 0 aliphatic carbocycles. The lowest BCUT2D eigenvalue weighted by molar-refractivity contribution is -0.164. The van der Waals surface area contributed by atoms with Gasteiger partial charge in [0.2, 0.25) is 0 Å². The molecule has 1 saturated heterocycles. The van der Waals surface area contributed by atoms with Crippen LogP contribution in [0, 0.1) is 0 Å². The van der Waals surface area contributed by atoms with E-state index in [2.05, 4.69) is 17.9 Å². The number of phosphoric acid groups is 3. The first-order chi connectivity index (χ1) is 12.1. The summed E-state index contributed by atoms with van der Waals surface area (Å²) in [5.41, 5.74) is -1.42. The third kappa shape index (κ3) is 8.82. The third-order valence-corrected chi connectivity index (χ3v) is 6.95. The van der Waals surface area contributed by atoms with E-state index in [1.165, 1.54) is 14.0 Å². The molecule has 1 fully saturated rings. The average Bonchev–Trinajstić information content (AvgIpc) is 2.68. The summed E-state index contributed by atoms with van der Waals surface area (Å²) in [6.45, 7) is 0.328. The largest absolute Gasteiger partial charge is 0.490 e. The van der Waals surface area contributed by atoms with Crippen molar-refractivity contribution < 1.29 is 65.4 Å². The zero-order valence-electron chi connectivity index (χ0n) is 14.5. The molecule has 0 spiro atoms. The normalized spacial score (nSPS) is 30.4. The van der Waals surface area contributed by atoms with Gasteiger partial charge in [-0.1, -0.05) is 0 Å². The van der Waals surface area contributed by atoms with Crippen LogP contribution in [0.15, 0.2) is 0 Å². The minimum absolute atomic E-state index is 0.228. The molecule has 0 aromatic rings. The van der Waals surface area contributed by atoms with Gasteiger partial charge in [-0.25, -0.2) is 18.5 Å². The van der Waals surface area contributed by atoms with Gasteiger partial charge in [-0.2, -0.15) is 8.62 Å². The number of hydrogen-bond donors (Lipinski definition) is 4. The number of carbonyl (C=O) groups is 1. The van der Waals surface area contributed by atoms with Crippen LogP contribution in [0.3, 0.4) is 0 Å². The fourth-order valence-electron chi connectivity index (χ4n) is 2.26. The van der Waals surface area contributed by atoms with Gasteiger partial charge in [-0.05, 0) is 6.92 Å². The Morgan fingerprint density at radius 2 is 1.78 bits per heavy atom. The lowest BCUT2D eigenvalue weighted by Crippen LogP contribution is -2.43. The molecule has 1 rings (SSSR count). The van der Waals surface area contributed by atoms with Gasteiger partial charge in [0.25, 0.3) is 0 Å². The van der Waals surface area contributed by atoms with E-state index in [4.69, 9.17) is 24.2 Å². The summed E-state index contributed by atoms with van der Waals surface area (Å²) >= 11 is 0. The molecule has 1 aliphatic heterocycles. The summed E-state index contributed by atoms with van der Waals surface area (Å²) in [5.74, 6) is -0.718. The highest BCUT2D eigenvalue weighted by molar-refractivity contribution is 7.66. The van der Waals surface area contributed by atoms with Crippen LogP contribution < -0.4 is 0 Å². The molecule has 14 nitrogen and oxygen atoms in total. The molecule has 0 aromatic heterocycles. The Kier molecular flexibility index (Phi) is 8.42. The first-order valence-electron chi connectivity index (χ1n) is 7.22. The Balaban J connectivity index is 2.77. The summed E-state index contributed by atoms with van der Waals surface area (Å²) in [5, 5.41) is 0. The quantitative estimate of drug-likeness (QED) is 0.177. The lowest BCUT2D eigenvalue weighted by atomic mass is 9.93. The van der Waals surface area contributed by atoms with Crippen molar-refractivity contribution in [2.45, 2.75) is 31.1 Å². The monoisotopic (exact) mass is 456 g/mol. The first kappa shape index (κ1) is 24.9. The molecule has 1 aliphatic rings. The topological polar surface area (TPSA) is 205 Å². The average molecular weight is 456 g/mol. The van der Waals surface area contributed by atoms with Crippen LogP contribution in [0.2, 0.25) is 0 Å². The maximum atomic E-state index is 11.8. The molecule has 158 valence electrons. The van der Waals surface area contributed by atoms with Gasteiger partial charge in [-0.15, -0.1) is 0 Å². The number of methoxy groups -OCH3 is 1. The molecule has 0 amide bonds. The van der Waals surface area contributed by atoms with E-state index in [-0.39, 0.29) is 13.0 Å². The number of hydrogen-bond acceptors (Lipinski definition) is 10. The summed E-state index contributed by atoms with van der Waals surface area (Å²) in [6, 6.07) is -0.417. The minimum Gasteiger partial charge on any atom is -0.457 e. The second-order valence-corrected chi connectivity index (χ2v) is 10.2. The molecule has 1 heterocycles. The van der Waals surface area contributed by atoms with E-state index >= 15 is 0 Å². The highest BCUT2D eigenvalue weighted by Crippen LogP contribution is 2.66. The number of carbonyl (C=O) groups excluding carboxylic acids is 1. The van der Waals surface area contributed by atoms with Gasteiger partial charge >= 0.3 is 29.4 Å². The molecule has 0 aromatic carbocycles. The Hall–Kier alpha value is -0.135. The molecule has 0 saturated carbocycles. The van der Waals surface area contributed by atoms with Crippen LogP contribution in [0.25, 0.3) is 0 Å². The Bertz CT molecular complexity index is 679. The molecule has 18 heteroatoms. The van der Waals surface area contributed by atoms with Gasteiger partial charge in [0.05, 0.1) is 6.61 Å². The number of esters is 1. The SMILES string of the molecule is BC1CC(OC(=O)COC)C(C)(COP(=O)(O)OP(=O)(O)OP(=O)(O)O)O1.